The summed E-state index contributed by atoms with van der Waals surface area (Å²) >= 11 is 0. The van der Waals surface area contributed by atoms with E-state index in [9.17, 15) is 9.59 Å². The van der Waals surface area contributed by atoms with Gasteiger partial charge in [0.05, 0.1) is 12.2 Å². The molecule has 0 atom stereocenters. The van der Waals surface area contributed by atoms with E-state index in [1.165, 1.54) is 0 Å². The lowest BCUT2D eigenvalue weighted by atomic mass is 10.2. The van der Waals surface area contributed by atoms with Gasteiger partial charge >= 0.3 is 5.97 Å². The van der Waals surface area contributed by atoms with E-state index in [1.54, 1.807) is 31.2 Å². The topological polar surface area (TPSA) is 60.3 Å². The number of aryl methyl sites for hydroxylation is 1. The second-order valence-corrected chi connectivity index (χ2v) is 5.78. The largest absolute Gasteiger partial charge is 0.462 e. The molecule has 0 fully saturated rings. The van der Waals surface area contributed by atoms with Crippen molar-refractivity contribution in [1.82, 2.24) is 4.57 Å². The van der Waals surface area contributed by atoms with Gasteiger partial charge in [0, 0.05) is 16.9 Å². The Morgan fingerprint density at radius 2 is 1.80 bits per heavy atom. The quantitative estimate of drug-likeness (QED) is 0.722. The smallest absolute Gasteiger partial charge is 0.338 e. The van der Waals surface area contributed by atoms with Crippen LogP contribution in [0, 0.1) is 6.92 Å². The number of hydrogen-bond acceptors (Lipinski definition) is 3. The number of benzene rings is 2. The molecule has 0 radical (unpaired) electrons. The minimum absolute atomic E-state index is 0.117. The molecule has 0 saturated carbocycles. The SMILES string of the molecule is CCOC(=O)c1ccc(NC(=O)Cn2c(C)cc3ccccc32)cc1. The van der Waals surface area contributed by atoms with Crippen LogP contribution in [-0.2, 0) is 16.1 Å². The molecule has 0 unspecified atom stereocenters. The standard InChI is InChI=1S/C20H20N2O3/c1-3-25-20(24)15-8-10-17(11-9-15)21-19(23)13-22-14(2)12-16-6-4-5-7-18(16)22/h4-12H,3,13H2,1-2H3,(H,21,23). The van der Waals surface area contributed by atoms with Crippen LogP contribution in [0.15, 0.2) is 54.6 Å². The lowest BCUT2D eigenvalue weighted by Gasteiger charge is -2.10. The van der Waals surface area contributed by atoms with Gasteiger partial charge < -0.3 is 14.6 Å². The number of fused-ring (bicyclic) bond motifs is 1. The zero-order valence-corrected chi connectivity index (χ0v) is 14.3. The van der Waals surface area contributed by atoms with Gasteiger partial charge in [0.25, 0.3) is 0 Å². The van der Waals surface area contributed by atoms with E-state index < -0.39 is 0 Å². The molecule has 1 heterocycles. The predicted octanol–water partition coefficient (Wildman–Crippen LogP) is 3.77. The normalized spacial score (nSPS) is 10.6. The first kappa shape index (κ1) is 16.8. The molecule has 5 nitrogen and oxygen atoms in total. The van der Waals surface area contributed by atoms with E-state index in [1.807, 2.05) is 35.8 Å². The van der Waals surface area contributed by atoms with Crippen molar-refractivity contribution >= 4 is 28.5 Å². The number of para-hydroxylation sites is 1. The number of anilines is 1. The van der Waals surface area contributed by atoms with Crippen LogP contribution in [0.4, 0.5) is 5.69 Å². The monoisotopic (exact) mass is 336 g/mol. The van der Waals surface area contributed by atoms with Crippen LogP contribution >= 0.6 is 0 Å². The number of carbonyl (C=O) groups excluding carboxylic acids is 2. The summed E-state index contributed by atoms with van der Waals surface area (Å²) in [7, 11) is 0. The zero-order valence-electron chi connectivity index (χ0n) is 14.3. The first-order valence-corrected chi connectivity index (χ1v) is 8.20. The second kappa shape index (κ2) is 7.21. The van der Waals surface area contributed by atoms with E-state index in [0.717, 1.165) is 16.6 Å². The Balaban J connectivity index is 1.70. The van der Waals surface area contributed by atoms with Gasteiger partial charge in [-0.1, -0.05) is 18.2 Å². The predicted molar refractivity (Wildman–Crippen MR) is 97.7 cm³/mol. The summed E-state index contributed by atoms with van der Waals surface area (Å²) in [5.41, 5.74) is 3.18. The second-order valence-electron chi connectivity index (χ2n) is 5.78. The summed E-state index contributed by atoms with van der Waals surface area (Å²) in [4.78, 5) is 24.0. The number of nitrogens with zero attached hydrogens (tertiary/aromatic N) is 1. The molecule has 0 aliphatic carbocycles. The molecule has 0 saturated heterocycles. The number of hydrogen-bond donors (Lipinski definition) is 1. The number of rotatable bonds is 5. The Bertz CT molecular complexity index is 910. The molecule has 2 aromatic carbocycles. The molecule has 0 bridgehead atoms. The van der Waals surface area contributed by atoms with Crippen molar-refractivity contribution in [3.05, 3.63) is 65.9 Å². The van der Waals surface area contributed by atoms with Gasteiger partial charge in [0.1, 0.15) is 6.54 Å². The van der Waals surface area contributed by atoms with Crippen molar-refractivity contribution in [2.24, 2.45) is 0 Å². The summed E-state index contributed by atoms with van der Waals surface area (Å²) in [6, 6.07) is 16.7. The third kappa shape index (κ3) is 3.71. The van der Waals surface area contributed by atoms with Crippen molar-refractivity contribution in [2.75, 3.05) is 11.9 Å². The first-order chi connectivity index (χ1) is 12.1. The van der Waals surface area contributed by atoms with Gasteiger partial charge in [-0.3, -0.25) is 4.79 Å². The number of ether oxygens (including phenoxy) is 1. The Kier molecular flexibility index (Phi) is 4.84. The van der Waals surface area contributed by atoms with Crippen molar-refractivity contribution in [3.8, 4) is 0 Å². The van der Waals surface area contributed by atoms with Gasteiger partial charge in [0.2, 0.25) is 5.91 Å². The third-order valence-electron chi connectivity index (χ3n) is 4.00. The Hall–Kier alpha value is -3.08. The molecule has 25 heavy (non-hydrogen) atoms. The van der Waals surface area contributed by atoms with Gasteiger partial charge in [-0.15, -0.1) is 0 Å². The van der Waals surface area contributed by atoms with Crippen molar-refractivity contribution < 1.29 is 14.3 Å². The van der Waals surface area contributed by atoms with Crippen molar-refractivity contribution in [2.45, 2.75) is 20.4 Å². The number of nitrogens with one attached hydrogen (secondary N) is 1. The van der Waals surface area contributed by atoms with Crippen molar-refractivity contribution in [3.63, 3.8) is 0 Å². The fraction of sp³-hybridized carbons (Fsp3) is 0.200. The zero-order chi connectivity index (χ0) is 17.8. The van der Waals surface area contributed by atoms with Crippen LogP contribution in [0.5, 0.6) is 0 Å². The molecule has 3 aromatic rings. The number of carbonyl (C=O) groups is 2. The maximum Gasteiger partial charge on any atom is 0.338 e. The highest BCUT2D eigenvalue weighted by molar-refractivity contribution is 5.94. The average molecular weight is 336 g/mol. The maximum absolute atomic E-state index is 12.4. The van der Waals surface area contributed by atoms with Gasteiger partial charge in [-0.2, -0.15) is 0 Å². The van der Waals surface area contributed by atoms with Gasteiger partial charge in [0.15, 0.2) is 0 Å². The highest BCUT2D eigenvalue weighted by atomic mass is 16.5. The van der Waals surface area contributed by atoms with E-state index in [0.29, 0.717) is 17.9 Å². The summed E-state index contributed by atoms with van der Waals surface area (Å²) < 4.78 is 6.93. The molecule has 0 aliphatic rings. The molecular weight excluding hydrogens is 316 g/mol. The minimum Gasteiger partial charge on any atom is -0.462 e. The molecule has 0 spiro atoms. The summed E-state index contributed by atoms with van der Waals surface area (Å²) in [6.45, 7) is 4.32. The molecule has 5 heteroatoms. The summed E-state index contributed by atoms with van der Waals surface area (Å²) in [5.74, 6) is -0.483. The van der Waals surface area contributed by atoms with Crippen LogP contribution < -0.4 is 5.32 Å². The van der Waals surface area contributed by atoms with Crippen LogP contribution in [-0.4, -0.2) is 23.1 Å². The molecule has 1 N–H and O–H groups in total. The molecule has 1 amide bonds. The Labute approximate surface area is 146 Å². The Morgan fingerprint density at radius 1 is 1.08 bits per heavy atom. The van der Waals surface area contributed by atoms with E-state index in [4.69, 9.17) is 4.74 Å². The van der Waals surface area contributed by atoms with Crippen LogP contribution in [0.2, 0.25) is 0 Å². The van der Waals surface area contributed by atoms with Crippen molar-refractivity contribution in [1.29, 1.82) is 0 Å². The van der Waals surface area contributed by atoms with Gasteiger partial charge in [-0.25, -0.2) is 4.79 Å². The third-order valence-corrected chi connectivity index (χ3v) is 4.00. The molecular formula is C20H20N2O3. The average Bonchev–Trinajstić information content (AvgIpc) is 2.91. The number of aromatic nitrogens is 1. The van der Waals surface area contributed by atoms with E-state index in [-0.39, 0.29) is 18.4 Å². The maximum atomic E-state index is 12.4. The lowest BCUT2D eigenvalue weighted by molar-refractivity contribution is -0.116. The van der Waals surface area contributed by atoms with Crippen LogP contribution in [0.3, 0.4) is 0 Å². The molecule has 0 aliphatic heterocycles. The fourth-order valence-electron chi connectivity index (χ4n) is 2.81. The highest BCUT2D eigenvalue weighted by Gasteiger charge is 2.10. The Morgan fingerprint density at radius 3 is 2.52 bits per heavy atom. The summed E-state index contributed by atoms with van der Waals surface area (Å²) in [6.07, 6.45) is 0. The summed E-state index contributed by atoms with van der Waals surface area (Å²) in [5, 5.41) is 3.98. The van der Waals surface area contributed by atoms with Gasteiger partial charge in [-0.05, 0) is 55.6 Å². The highest BCUT2D eigenvalue weighted by Crippen LogP contribution is 2.19. The first-order valence-electron chi connectivity index (χ1n) is 8.20. The molecule has 1 aromatic heterocycles. The number of esters is 1. The fourth-order valence-corrected chi connectivity index (χ4v) is 2.81. The molecule has 128 valence electrons. The lowest BCUT2D eigenvalue weighted by Crippen LogP contribution is -2.19. The van der Waals surface area contributed by atoms with E-state index in [2.05, 4.69) is 11.4 Å². The van der Waals surface area contributed by atoms with E-state index >= 15 is 0 Å². The van der Waals surface area contributed by atoms with Crippen LogP contribution in [0.1, 0.15) is 23.0 Å². The van der Waals surface area contributed by atoms with Crippen LogP contribution in [0.25, 0.3) is 10.9 Å². The molecule has 3 rings (SSSR count). The minimum atomic E-state index is -0.366. The number of amides is 1.